The molecule has 0 atom stereocenters. The molecule has 0 amide bonds. The monoisotopic (exact) mass is 271 g/mol. The summed E-state index contributed by atoms with van der Waals surface area (Å²) in [4.78, 5) is 0. The summed E-state index contributed by atoms with van der Waals surface area (Å²) in [6, 6.07) is -0.0411. The minimum Gasteiger partial charge on any atom is -0.0831 e. The highest BCUT2D eigenvalue weighted by molar-refractivity contribution is 9.11. The number of hydrogen-bond acceptors (Lipinski definition) is 0. The van der Waals surface area contributed by atoms with Crippen LogP contribution >= 0.6 is 43.5 Å². The van der Waals surface area contributed by atoms with Gasteiger partial charge in [-0.05, 0) is 34.1 Å². The Labute approximate surface area is 79.7 Å². The zero-order valence-electron chi connectivity index (χ0n) is 7.13. The van der Waals surface area contributed by atoms with E-state index in [4.69, 9.17) is 15.7 Å². The molecule has 0 saturated heterocycles. The van der Waals surface area contributed by atoms with E-state index in [0.717, 1.165) is 0 Å². The first-order valence-corrected chi connectivity index (χ1v) is 4.03. The normalized spacial score (nSPS) is 14.3. The molecule has 0 fully saturated rings. The van der Waals surface area contributed by atoms with Crippen molar-refractivity contribution in [2.45, 2.75) is 0 Å². The van der Waals surface area contributed by atoms with Crippen molar-refractivity contribution in [3.05, 3.63) is 32.1 Å². The fourth-order valence-electron chi connectivity index (χ4n) is 0.347. The van der Waals surface area contributed by atoms with Crippen LogP contribution in [0.4, 0.5) is 0 Å². The van der Waals surface area contributed by atoms with E-state index in [9.17, 15) is 0 Å². The molecule has 1 aromatic rings. The van der Waals surface area contributed by atoms with Gasteiger partial charge in [0.25, 0.3) is 0 Å². The van der Waals surface area contributed by atoms with E-state index in [1.807, 2.05) is 0 Å². The van der Waals surface area contributed by atoms with Crippen molar-refractivity contribution in [2.24, 2.45) is 0 Å². The number of halogens is 3. The maximum Gasteiger partial charge on any atom is 0.0647 e. The molecule has 0 heterocycles. The molecule has 3 heteroatoms. The second kappa shape index (κ2) is 3.04. The average Bonchev–Trinajstić information content (AvgIpc) is 2.08. The molecule has 0 aliphatic carbocycles. The summed E-state index contributed by atoms with van der Waals surface area (Å²) in [5, 5.41) is 0.105. The quantitative estimate of drug-likeness (QED) is 0.630. The molecule has 9 heavy (non-hydrogen) atoms. The Bertz CT molecular complexity index is 235. The lowest BCUT2D eigenvalue weighted by Gasteiger charge is -1.93. The summed E-state index contributed by atoms with van der Waals surface area (Å²) in [7, 11) is 0. The second-order valence-electron chi connectivity index (χ2n) is 1.32. The van der Waals surface area contributed by atoms with E-state index in [1.165, 1.54) is 0 Å². The molecule has 0 aromatic heterocycles. The van der Waals surface area contributed by atoms with Crippen LogP contribution in [0.25, 0.3) is 0 Å². The largest absolute Gasteiger partial charge is 0.0831 e. The molecule has 0 nitrogen and oxygen atoms in total. The fourth-order valence-corrected chi connectivity index (χ4v) is 1.30. The molecule has 1 aromatic carbocycles. The van der Waals surface area contributed by atoms with Crippen LogP contribution in [0.1, 0.15) is 4.11 Å². The van der Waals surface area contributed by atoms with E-state index >= 15 is 0 Å². The van der Waals surface area contributed by atoms with Gasteiger partial charge in [0.1, 0.15) is 0 Å². The van der Waals surface area contributed by atoms with Gasteiger partial charge in [-0.1, -0.05) is 27.5 Å². The highest BCUT2D eigenvalue weighted by atomic mass is 79.9. The first-order chi connectivity index (χ1) is 5.46. The van der Waals surface area contributed by atoms with Crippen LogP contribution in [-0.4, -0.2) is 0 Å². The van der Waals surface area contributed by atoms with Crippen LogP contribution < -0.4 is 0 Å². The standard InChI is InChI=1S/C6H3Br2Cl/c7-4-1-2-6(9)5(8)3-4/h1-3H/i1D,2D,3D. The summed E-state index contributed by atoms with van der Waals surface area (Å²) in [5.41, 5.74) is 0. The highest BCUT2D eigenvalue weighted by Crippen LogP contribution is 2.25. The molecule has 0 aliphatic rings. The van der Waals surface area contributed by atoms with Gasteiger partial charge in [0.05, 0.1) is 9.13 Å². The van der Waals surface area contributed by atoms with Crippen molar-refractivity contribution in [2.75, 3.05) is 0 Å². The molecular weight excluding hydrogens is 267 g/mol. The molecule has 0 spiro atoms. The van der Waals surface area contributed by atoms with Gasteiger partial charge in [-0.25, -0.2) is 0 Å². The summed E-state index contributed by atoms with van der Waals surface area (Å²) in [6.45, 7) is 0. The Morgan fingerprint density at radius 1 is 1.44 bits per heavy atom. The van der Waals surface area contributed by atoms with Crippen LogP contribution in [0.5, 0.6) is 0 Å². The topological polar surface area (TPSA) is 0 Å². The van der Waals surface area contributed by atoms with Crippen molar-refractivity contribution >= 4 is 43.5 Å². The highest BCUT2D eigenvalue weighted by Gasteiger charge is 1.94. The zero-order chi connectivity index (χ0) is 9.46. The summed E-state index contributed by atoms with van der Waals surface area (Å²) >= 11 is 11.8. The maximum absolute atomic E-state index is 7.44. The van der Waals surface area contributed by atoms with Gasteiger partial charge in [0.15, 0.2) is 0 Å². The van der Waals surface area contributed by atoms with E-state index < -0.39 is 0 Å². The molecule has 48 valence electrons. The zero-order valence-corrected chi connectivity index (χ0v) is 8.06. The van der Waals surface area contributed by atoms with E-state index in [1.54, 1.807) is 0 Å². The number of hydrogen-bond donors (Lipinski definition) is 0. The lowest BCUT2D eigenvalue weighted by molar-refractivity contribution is 1.60. The summed E-state index contributed by atoms with van der Waals surface area (Å²) in [5.74, 6) is 0. The predicted octanol–water partition coefficient (Wildman–Crippen LogP) is 3.87. The van der Waals surface area contributed by atoms with Crippen LogP contribution in [0.3, 0.4) is 0 Å². The molecule has 0 saturated carbocycles. The first kappa shape index (κ1) is 4.37. The minimum absolute atomic E-state index is 0.0619. The van der Waals surface area contributed by atoms with Gasteiger partial charge in [-0.3, -0.25) is 0 Å². The summed E-state index contributed by atoms with van der Waals surface area (Å²) in [6.07, 6.45) is 0. The van der Waals surface area contributed by atoms with Crippen molar-refractivity contribution in [1.29, 1.82) is 0 Å². The maximum atomic E-state index is 7.44. The van der Waals surface area contributed by atoms with Crippen molar-refractivity contribution < 1.29 is 4.11 Å². The third-order valence-corrected chi connectivity index (χ3v) is 2.20. The Morgan fingerprint density at radius 3 is 2.78 bits per heavy atom. The number of benzene rings is 1. The number of rotatable bonds is 0. The van der Waals surface area contributed by atoms with Crippen LogP contribution in [-0.2, 0) is 0 Å². The van der Waals surface area contributed by atoms with Gasteiger partial charge < -0.3 is 0 Å². The lowest BCUT2D eigenvalue weighted by Crippen LogP contribution is -1.67. The summed E-state index contributed by atoms with van der Waals surface area (Å²) < 4.78 is 22.8. The Hall–Kier alpha value is 0.470. The third kappa shape index (κ3) is 1.95. The second-order valence-corrected chi connectivity index (χ2v) is 3.28. The van der Waals surface area contributed by atoms with Gasteiger partial charge in [0.2, 0.25) is 0 Å². The Balaban J connectivity index is 3.60. The Morgan fingerprint density at radius 2 is 2.11 bits per heavy atom. The predicted molar refractivity (Wildman–Crippen MR) is 46.9 cm³/mol. The van der Waals surface area contributed by atoms with Crippen molar-refractivity contribution in [3.8, 4) is 0 Å². The molecule has 1 rings (SSSR count). The SMILES string of the molecule is [2H]c1c([2H])c(Br)c([2H])c(Br)c1Cl. The van der Waals surface area contributed by atoms with Gasteiger partial charge >= 0.3 is 0 Å². The lowest BCUT2D eigenvalue weighted by atomic mass is 10.4. The molecule has 0 unspecified atom stereocenters. The smallest absolute Gasteiger partial charge is 0.0647 e. The molecule has 0 N–H and O–H groups in total. The van der Waals surface area contributed by atoms with Gasteiger partial charge in [0, 0.05) is 8.95 Å². The van der Waals surface area contributed by atoms with Crippen molar-refractivity contribution in [3.63, 3.8) is 0 Å². The molecule has 0 radical (unpaired) electrons. The third-order valence-electron chi connectivity index (χ3n) is 0.694. The average molecular weight is 273 g/mol. The van der Waals surface area contributed by atoms with Crippen LogP contribution in [0.15, 0.2) is 27.1 Å². The Kier molecular flexibility index (Phi) is 1.48. The van der Waals surface area contributed by atoms with Crippen molar-refractivity contribution in [1.82, 2.24) is 0 Å². The fraction of sp³-hybridized carbons (Fsp3) is 0. The first-order valence-electron chi connectivity index (χ1n) is 3.57. The molecule has 0 aliphatic heterocycles. The minimum atomic E-state index is -0.0774. The van der Waals surface area contributed by atoms with E-state index in [0.29, 0.717) is 4.47 Å². The van der Waals surface area contributed by atoms with E-state index in [2.05, 4.69) is 31.9 Å². The van der Waals surface area contributed by atoms with E-state index in [-0.39, 0.29) is 27.6 Å². The van der Waals surface area contributed by atoms with Gasteiger partial charge in [-0.15, -0.1) is 0 Å². The molecule has 0 bridgehead atoms. The van der Waals surface area contributed by atoms with Crippen LogP contribution in [0.2, 0.25) is 5.02 Å². The molecular formula is C6H3Br2Cl. The van der Waals surface area contributed by atoms with Gasteiger partial charge in [-0.2, -0.15) is 0 Å². The van der Waals surface area contributed by atoms with Crippen LogP contribution in [0, 0.1) is 0 Å².